The number of aryl methyl sites for hydroxylation is 1. The van der Waals surface area contributed by atoms with E-state index < -0.39 is 0 Å². The Balaban J connectivity index is 2.01. The van der Waals surface area contributed by atoms with Crippen molar-refractivity contribution in [2.24, 2.45) is 10.7 Å². The second kappa shape index (κ2) is 6.29. The van der Waals surface area contributed by atoms with E-state index in [4.69, 9.17) is 5.73 Å². The number of aliphatic imine (C=N–C) groups is 1. The predicted molar refractivity (Wildman–Crippen MR) is 99.3 cm³/mol. The second-order valence-electron chi connectivity index (χ2n) is 6.23. The van der Waals surface area contributed by atoms with Crippen LogP contribution < -0.4 is 10.6 Å². The van der Waals surface area contributed by atoms with Crippen molar-refractivity contribution in [1.29, 1.82) is 0 Å². The molecule has 0 heterocycles. The van der Waals surface area contributed by atoms with Gasteiger partial charge in [-0.1, -0.05) is 42.0 Å². The molecular weight excluding hydrogens is 282 g/mol. The molecule has 0 aromatic heterocycles. The van der Waals surface area contributed by atoms with E-state index in [1.807, 2.05) is 12.1 Å². The summed E-state index contributed by atoms with van der Waals surface area (Å²) in [5.41, 5.74) is 12.2. The lowest BCUT2D eigenvalue weighted by atomic mass is 10.1. The van der Waals surface area contributed by atoms with Gasteiger partial charge in [0.1, 0.15) is 0 Å². The Bertz CT molecular complexity index is 755. The third kappa shape index (κ3) is 3.14. The molecule has 1 aliphatic carbocycles. The summed E-state index contributed by atoms with van der Waals surface area (Å²) in [7, 11) is 0. The average Bonchev–Trinajstić information content (AvgIpc) is 2.99. The van der Waals surface area contributed by atoms with Crippen molar-refractivity contribution in [2.75, 3.05) is 4.90 Å². The Labute approximate surface area is 138 Å². The minimum absolute atomic E-state index is 0.227. The van der Waals surface area contributed by atoms with Crippen molar-refractivity contribution < 1.29 is 0 Å². The molecule has 2 aromatic rings. The minimum Gasteiger partial charge on any atom is -0.369 e. The van der Waals surface area contributed by atoms with Gasteiger partial charge in [0.05, 0.1) is 11.4 Å². The molecule has 118 valence electrons. The van der Waals surface area contributed by atoms with Crippen LogP contribution in [0, 0.1) is 6.92 Å². The number of hydrogen-bond acceptors (Lipinski definition) is 1. The third-order valence-corrected chi connectivity index (χ3v) is 4.10. The van der Waals surface area contributed by atoms with Crippen LogP contribution in [-0.4, -0.2) is 12.0 Å². The number of guanidine groups is 1. The predicted octanol–water partition coefficient (Wildman–Crippen LogP) is 4.43. The van der Waals surface area contributed by atoms with Crippen LogP contribution in [-0.2, 0) is 6.42 Å². The van der Waals surface area contributed by atoms with E-state index in [1.54, 1.807) is 0 Å². The highest BCUT2D eigenvalue weighted by Crippen LogP contribution is 2.31. The van der Waals surface area contributed by atoms with Gasteiger partial charge in [0.2, 0.25) is 5.96 Å². The van der Waals surface area contributed by atoms with E-state index in [0.29, 0.717) is 5.96 Å². The van der Waals surface area contributed by atoms with E-state index in [9.17, 15) is 0 Å². The van der Waals surface area contributed by atoms with Crippen LogP contribution >= 0.6 is 0 Å². The molecule has 3 nitrogen and oxygen atoms in total. The first-order valence-corrected chi connectivity index (χ1v) is 8.05. The minimum atomic E-state index is 0.227. The summed E-state index contributed by atoms with van der Waals surface area (Å²) in [5.74, 6) is 0.526. The molecule has 1 aliphatic rings. The smallest absolute Gasteiger partial charge is 0.201 e. The molecule has 0 bridgehead atoms. The zero-order chi connectivity index (χ0) is 16.4. The number of allylic oxidation sites excluding steroid dienone is 1. The van der Waals surface area contributed by atoms with Gasteiger partial charge in [-0.25, -0.2) is 4.99 Å². The van der Waals surface area contributed by atoms with E-state index in [0.717, 1.165) is 17.8 Å². The first kappa shape index (κ1) is 15.3. The Morgan fingerprint density at radius 1 is 1.13 bits per heavy atom. The summed E-state index contributed by atoms with van der Waals surface area (Å²) in [4.78, 5) is 6.73. The van der Waals surface area contributed by atoms with Gasteiger partial charge in [-0.3, -0.25) is 0 Å². The number of benzene rings is 2. The number of hydrogen-bond donors (Lipinski definition) is 1. The molecule has 0 unspecified atom stereocenters. The first-order chi connectivity index (χ1) is 11.1. The van der Waals surface area contributed by atoms with Gasteiger partial charge in [0.15, 0.2) is 0 Å². The highest BCUT2D eigenvalue weighted by Gasteiger charge is 2.20. The zero-order valence-electron chi connectivity index (χ0n) is 14.0. The van der Waals surface area contributed by atoms with Crippen molar-refractivity contribution in [3.05, 3.63) is 65.2 Å². The summed E-state index contributed by atoms with van der Waals surface area (Å²) in [6, 6.07) is 14.7. The van der Waals surface area contributed by atoms with Crippen molar-refractivity contribution in [1.82, 2.24) is 0 Å². The fraction of sp³-hybridized carbons (Fsp3) is 0.250. The standard InChI is InChI=1S/C20H23N3/c1-14(2)23(19-9-5-7-16-6-4-8-18(16)19)20(21)22-17-12-10-15(3)11-13-17/h4-5,7-14H,6H2,1-3H3,(H2,21,22). The molecule has 2 aromatic carbocycles. The average molecular weight is 305 g/mol. The third-order valence-electron chi connectivity index (χ3n) is 4.10. The summed E-state index contributed by atoms with van der Waals surface area (Å²) in [5, 5.41) is 0. The van der Waals surface area contributed by atoms with Crippen LogP contribution in [0.1, 0.15) is 30.5 Å². The molecule has 0 radical (unpaired) electrons. The fourth-order valence-electron chi connectivity index (χ4n) is 2.96. The Hall–Kier alpha value is -2.55. The maximum atomic E-state index is 6.37. The highest BCUT2D eigenvalue weighted by atomic mass is 15.3. The Kier molecular flexibility index (Phi) is 4.20. The first-order valence-electron chi connectivity index (χ1n) is 8.05. The monoisotopic (exact) mass is 305 g/mol. The summed E-state index contributed by atoms with van der Waals surface area (Å²) >= 11 is 0. The van der Waals surface area contributed by atoms with Crippen LogP contribution in [0.5, 0.6) is 0 Å². The van der Waals surface area contributed by atoms with Gasteiger partial charge < -0.3 is 10.6 Å². The maximum Gasteiger partial charge on any atom is 0.201 e. The van der Waals surface area contributed by atoms with Gasteiger partial charge in [-0.15, -0.1) is 0 Å². The van der Waals surface area contributed by atoms with Gasteiger partial charge in [-0.05, 0) is 51.0 Å². The molecule has 0 spiro atoms. The van der Waals surface area contributed by atoms with Crippen molar-refractivity contribution >= 4 is 23.4 Å². The summed E-state index contributed by atoms with van der Waals surface area (Å²) < 4.78 is 0. The van der Waals surface area contributed by atoms with Crippen LogP contribution in [0.2, 0.25) is 0 Å². The van der Waals surface area contributed by atoms with Gasteiger partial charge in [-0.2, -0.15) is 0 Å². The van der Waals surface area contributed by atoms with E-state index >= 15 is 0 Å². The Morgan fingerprint density at radius 3 is 2.57 bits per heavy atom. The fourth-order valence-corrected chi connectivity index (χ4v) is 2.96. The maximum absolute atomic E-state index is 6.37. The number of anilines is 1. The number of nitrogens with two attached hydrogens (primary N) is 1. The topological polar surface area (TPSA) is 41.6 Å². The molecule has 0 saturated carbocycles. The molecule has 0 saturated heterocycles. The quantitative estimate of drug-likeness (QED) is 0.673. The highest BCUT2D eigenvalue weighted by molar-refractivity contribution is 5.99. The molecule has 3 heteroatoms. The molecule has 23 heavy (non-hydrogen) atoms. The summed E-state index contributed by atoms with van der Waals surface area (Å²) in [6.07, 6.45) is 5.36. The van der Waals surface area contributed by atoms with E-state index in [1.165, 1.54) is 16.7 Å². The SMILES string of the molecule is Cc1ccc(N=C(N)N(c2cccc3c2C=CC3)C(C)C)cc1. The normalized spacial score (nSPS) is 13.5. The molecule has 0 amide bonds. The largest absolute Gasteiger partial charge is 0.369 e. The van der Waals surface area contributed by atoms with E-state index in [-0.39, 0.29) is 6.04 Å². The van der Waals surface area contributed by atoms with Gasteiger partial charge in [0, 0.05) is 11.6 Å². The summed E-state index contributed by atoms with van der Waals surface area (Å²) in [6.45, 7) is 6.34. The van der Waals surface area contributed by atoms with E-state index in [2.05, 4.69) is 73.1 Å². The Morgan fingerprint density at radius 2 is 1.87 bits per heavy atom. The van der Waals surface area contributed by atoms with Gasteiger partial charge >= 0.3 is 0 Å². The van der Waals surface area contributed by atoms with Crippen molar-refractivity contribution in [3.63, 3.8) is 0 Å². The lowest BCUT2D eigenvalue weighted by molar-refractivity contribution is 0.801. The molecule has 0 aliphatic heterocycles. The van der Waals surface area contributed by atoms with Gasteiger partial charge in [0.25, 0.3) is 0 Å². The van der Waals surface area contributed by atoms with Crippen LogP contribution in [0.15, 0.2) is 53.5 Å². The molecule has 3 rings (SSSR count). The number of nitrogens with zero attached hydrogens (tertiary/aromatic N) is 2. The number of rotatable bonds is 3. The van der Waals surface area contributed by atoms with Crippen LogP contribution in [0.25, 0.3) is 6.08 Å². The lowest BCUT2D eigenvalue weighted by Gasteiger charge is -2.29. The molecule has 0 atom stereocenters. The van der Waals surface area contributed by atoms with Crippen molar-refractivity contribution in [3.8, 4) is 0 Å². The van der Waals surface area contributed by atoms with Crippen molar-refractivity contribution in [2.45, 2.75) is 33.2 Å². The lowest BCUT2D eigenvalue weighted by Crippen LogP contribution is -2.42. The number of fused-ring (bicyclic) bond motifs is 1. The van der Waals surface area contributed by atoms with Crippen LogP contribution in [0.4, 0.5) is 11.4 Å². The molecule has 0 fully saturated rings. The second-order valence-corrected chi connectivity index (χ2v) is 6.23. The molecular formula is C20H23N3. The molecule has 2 N–H and O–H groups in total. The van der Waals surface area contributed by atoms with Crippen LogP contribution in [0.3, 0.4) is 0 Å². The zero-order valence-corrected chi connectivity index (χ0v) is 14.0.